The van der Waals surface area contributed by atoms with Crippen LogP contribution >= 0.6 is 0 Å². The van der Waals surface area contributed by atoms with Crippen LogP contribution in [0.25, 0.3) is 0 Å². The number of anilines is 3. The fraction of sp³-hybridized carbons (Fsp3) is 0.714. The predicted molar refractivity (Wildman–Crippen MR) is 117 cm³/mol. The van der Waals surface area contributed by atoms with Crippen LogP contribution in [0.4, 0.5) is 17.2 Å². The lowest BCUT2D eigenvalue weighted by atomic mass is 9.85. The number of hydrogen-bond acceptors (Lipinski definition) is 7. The van der Waals surface area contributed by atoms with Gasteiger partial charge in [-0.2, -0.15) is 0 Å². The van der Waals surface area contributed by atoms with Crippen LogP contribution in [0.3, 0.4) is 0 Å². The van der Waals surface area contributed by atoms with Gasteiger partial charge in [-0.15, -0.1) is 0 Å². The molecule has 1 aromatic rings. The van der Waals surface area contributed by atoms with E-state index in [-0.39, 0.29) is 17.9 Å². The molecule has 1 aromatic heterocycles. The first-order valence-electron chi connectivity index (χ1n) is 10.9. The molecule has 3 rings (SSSR count). The molecule has 1 aliphatic carbocycles. The number of nitrogen functional groups attached to an aromatic ring is 1. The highest BCUT2D eigenvalue weighted by atomic mass is 16.5. The summed E-state index contributed by atoms with van der Waals surface area (Å²) in [5.74, 6) is 1.15. The first kappa shape index (κ1) is 21.6. The minimum Gasteiger partial charge on any atom is -0.396 e. The molecule has 0 aromatic carbocycles. The number of nitrogens with zero attached hydrogens (tertiary/aromatic N) is 2. The summed E-state index contributed by atoms with van der Waals surface area (Å²) in [7, 11) is 0. The number of hydrogen-bond donors (Lipinski definition) is 4. The molecular formula is C21H36N6O2. The molecule has 29 heavy (non-hydrogen) atoms. The fourth-order valence-electron chi connectivity index (χ4n) is 3.98. The molecular weight excluding hydrogens is 368 g/mol. The lowest BCUT2D eigenvalue weighted by Crippen LogP contribution is -2.39. The van der Waals surface area contributed by atoms with Gasteiger partial charge in [-0.3, -0.25) is 9.69 Å². The van der Waals surface area contributed by atoms with Crippen LogP contribution in [-0.2, 0) is 9.53 Å². The Morgan fingerprint density at radius 3 is 2.69 bits per heavy atom. The lowest BCUT2D eigenvalue weighted by molar-refractivity contribution is -0.126. The first-order valence-corrected chi connectivity index (χ1v) is 10.9. The summed E-state index contributed by atoms with van der Waals surface area (Å²) >= 11 is 0. The van der Waals surface area contributed by atoms with Gasteiger partial charge >= 0.3 is 0 Å². The van der Waals surface area contributed by atoms with Gasteiger partial charge in [0, 0.05) is 50.2 Å². The van der Waals surface area contributed by atoms with Crippen LogP contribution in [0.1, 0.15) is 39.5 Å². The van der Waals surface area contributed by atoms with Gasteiger partial charge in [-0.05, 0) is 39.5 Å². The van der Waals surface area contributed by atoms with Crippen molar-refractivity contribution in [3.05, 3.63) is 12.3 Å². The molecule has 5 N–H and O–H groups in total. The number of pyridine rings is 1. The highest BCUT2D eigenvalue weighted by molar-refractivity contribution is 5.79. The van der Waals surface area contributed by atoms with E-state index in [0.29, 0.717) is 11.7 Å². The topological polar surface area (TPSA) is 105 Å². The SMILES string of the molecule is CC(C)NC(=O)[C@H]1CC[C@@H](Nc2cc(NCCN3CCOCC3)ncc2N)CC1. The Labute approximate surface area is 174 Å². The summed E-state index contributed by atoms with van der Waals surface area (Å²) in [6.07, 6.45) is 5.47. The van der Waals surface area contributed by atoms with E-state index in [1.54, 1.807) is 6.20 Å². The molecule has 1 amide bonds. The second-order valence-electron chi connectivity index (χ2n) is 8.39. The predicted octanol–water partition coefficient (Wildman–Crippen LogP) is 1.90. The Kier molecular flexibility index (Phi) is 7.94. The van der Waals surface area contributed by atoms with Crippen molar-refractivity contribution in [2.75, 3.05) is 55.8 Å². The molecule has 2 heterocycles. The monoisotopic (exact) mass is 404 g/mol. The molecule has 2 fully saturated rings. The second kappa shape index (κ2) is 10.6. The third-order valence-electron chi connectivity index (χ3n) is 5.66. The lowest BCUT2D eigenvalue weighted by Gasteiger charge is -2.30. The number of amides is 1. The van der Waals surface area contributed by atoms with Gasteiger partial charge in [0.05, 0.1) is 30.8 Å². The largest absolute Gasteiger partial charge is 0.396 e. The van der Waals surface area contributed by atoms with E-state index in [0.717, 1.165) is 76.6 Å². The van der Waals surface area contributed by atoms with Crippen LogP contribution in [0.2, 0.25) is 0 Å². The number of nitrogens with one attached hydrogen (secondary N) is 3. The molecule has 1 saturated carbocycles. The maximum Gasteiger partial charge on any atom is 0.223 e. The molecule has 0 radical (unpaired) electrons. The molecule has 2 aliphatic rings. The third kappa shape index (κ3) is 6.75. The maximum atomic E-state index is 12.2. The Balaban J connectivity index is 1.45. The van der Waals surface area contributed by atoms with E-state index >= 15 is 0 Å². The Bertz CT molecular complexity index is 655. The minimum atomic E-state index is 0.127. The van der Waals surface area contributed by atoms with Crippen molar-refractivity contribution in [3.8, 4) is 0 Å². The summed E-state index contributed by atoms with van der Waals surface area (Å²) in [6, 6.07) is 2.53. The van der Waals surface area contributed by atoms with Crippen LogP contribution in [-0.4, -0.2) is 67.3 Å². The molecule has 1 aliphatic heterocycles. The van der Waals surface area contributed by atoms with Gasteiger partial charge in [-0.1, -0.05) is 0 Å². The first-order chi connectivity index (χ1) is 14.0. The normalized spacial score (nSPS) is 23.0. The van der Waals surface area contributed by atoms with E-state index in [4.69, 9.17) is 10.5 Å². The van der Waals surface area contributed by atoms with Crippen LogP contribution < -0.4 is 21.7 Å². The molecule has 8 heteroatoms. The number of ether oxygens (including phenoxy) is 1. The van der Waals surface area contributed by atoms with Crippen molar-refractivity contribution in [2.24, 2.45) is 5.92 Å². The smallest absolute Gasteiger partial charge is 0.223 e. The zero-order chi connectivity index (χ0) is 20.6. The van der Waals surface area contributed by atoms with Crippen molar-refractivity contribution in [2.45, 2.75) is 51.6 Å². The highest BCUT2D eigenvalue weighted by Gasteiger charge is 2.26. The average Bonchev–Trinajstić information content (AvgIpc) is 2.71. The summed E-state index contributed by atoms with van der Waals surface area (Å²) in [5, 5.41) is 9.99. The van der Waals surface area contributed by atoms with Crippen LogP contribution in [0.15, 0.2) is 12.3 Å². The average molecular weight is 405 g/mol. The number of aromatic nitrogens is 1. The van der Waals surface area contributed by atoms with Crippen LogP contribution in [0.5, 0.6) is 0 Å². The zero-order valence-corrected chi connectivity index (χ0v) is 17.7. The number of morpholine rings is 1. The fourth-order valence-corrected chi connectivity index (χ4v) is 3.98. The van der Waals surface area contributed by atoms with Gasteiger partial charge < -0.3 is 26.4 Å². The Hall–Kier alpha value is -2.06. The standard InChI is InChI=1S/C21H36N6O2/c1-15(2)25-21(28)16-3-5-17(6-4-16)26-19-13-20(24-14-18(19)22)23-7-8-27-9-11-29-12-10-27/h13-17H,3-12,22H2,1-2H3,(H,25,28)(H2,23,24,26)/t16-,17+. The Morgan fingerprint density at radius 1 is 1.28 bits per heavy atom. The van der Waals surface area contributed by atoms with Crippen molar-refractivity contribution in [3.63, 3.8) is 0 Å². The maximum absolute atomic E-state index is 12.2. The summed E-state index contributed by atoms with van der Waals surface area (Å²) < 4.78 is 5.38. The van der Waals surface area contributed by atoms with Crippen molar-refractivity contribution >= 4 is 23.1 Å². The van der Waals surface area contributed by atoms with Gasteiger partial charge in [0.1, 0.15) is 5.82 Å². The van der Waals surface area contributed by atoms with Gasteiger partial charge in [0.2, 0.25) is 5.91 Å². The highest BCUT2D eigenvalue weighted by Crippen LogP contribution is 2.29. The summed E-state index contributed by atoms with van der Waals surface area (Å²) in [4.78, 5) is 19.0. The minimum absolute atomic E-state index is 0.127. The molecule has 0 atom stereocenters. The van der Waals surface area contributed by atoms with Crippen molar-refractivity contribution in [1.82, 2.24) is 15.2 Å². The third-order valence-corrected chi connectivity index (χ3v) is 5.66. The van der Waals surface area contributed by atoms with E-state index < -0.39 is 0 Å². The van der Waals surface area contributed by atoms with Gasteiger partial charge in [0.25, 0.3) is 0 Å². The molecule has 162 valence electrons. The number of carbonyl (C=O) groups is 1. The van der Waals surface area contributed by atoms with E-state index in [1.807, 2.05) is 19.9 Å². The zero-order valence-electron chi connectivity index (χ0n) is 17.7. The second-order valence-corrected chi connectivity index (χ2v) is 8.39. The summed E-state index contributed by atoms with van der Waals surface area (Å²) in [6.45, 7) is 9.43. The number of nitrogens with two attached hydrogens (primary N) is 1. The number of carbonyl (C=O) groups excluding carboxylic acids is 1. The molecule has 0 bridgehead atoms. The van der Waals surface area contributed by atoms with Crippen molar-refractivity contribution in [1.29, 1.82) is 0 Å². The van der Waals surface area contributed by atoms with Crippen LogP contribution in [0, 0.1) is 5.92 Å². The molecule has 0 spiro atoms. The summed E-state index contributed by atoms with van der Waals surface area (Å²) in [5.41, 5.74) is 7.72. The quantitative estimate of drug-likeness (QED) is 0.524. The molecule has 0 unspecified atom stereocenters. The van der Waals surface area contributed by atoms with Crippen molar-refractivity contribution < 1.29 is 9.53 Å². The van der Waals surface area contributed by atoms with Gasteiger partial charge in [-0.25, -0.2) is 4.98 Å². The van der Waals surface area contributed by atoms with E-state index in [1.165, 1.54) is 0 Å². The molecule has 8 nitrogen and oxygen atoms in total. The van der Waals surface area contributed by atoms with Gasteiger partial charge in [0.15, 0.2) is 0 Å². The van der Waals surface area contributed by atoms with E-state index in [2.05, 4.69) is 25.8 Å². The van der Waals surface area contributed by atoms with E-state index in [9.17, 15) is 4.79 Å². The number of rotatable bonds is 8. The Morgan fingerprint density at radius 2 is 2.00 bits per heavy atom. The molecule has 1 saturated heterocycles.